The SMILES string of the molecule is CN(CC(=O)N1N=C(c2cccs2)CC1c1ccco1)Cc1nccn1C(F)F. The summed E-state index contributed by atoms with van der Waals surface area (Å²) in [4.78, 5) is 19.6. The molecule has 1 aliphatic heterocycles. The largest absolute Gasteiger partial charge is 0.467 e. The van der Waals surface area contributed by atoms with Crippen molar-refractivity contribution < 1.29 is 18.0 Å². The van der Waals surface area contributed by atoms with Gasteiger partial charge in [0.1, 0.15) is 17.6 Å². The van der Waals surface area contributed by atoms with Crippen LogP contribution >= 0.6 is 11.3 Å². The van der Waals surface area contributed by atoms with Gasteiger partial charge in [-0.3, -0.25) is 14.3 Å². The van der Waals surface area contributed by atoms with E-state index in [1.165, 1.54) is 17.4 Å². The van der Waals surface area contributed by atoms with Gasteiger partial charge >= 0.3 is 6.55 Å². The van der Waals surface area contributed by atoms with Crippen molar-refractivity contribution in [2.75, 3.05) is 13.6 Å². The van der Waals surface area contributed by atoms with E-state index in [-0.39, 0.29) is 30.9 Å². The zero-order valence-electron chi connectivity index (χ0n) is 15.6. The summed E-state index contributed by atoms with van der Waals surface area (Å²) in [6.07, 6.45) is 4.67. The number of hydrogen-bond donors (Lipinski definition) is 0. The Balaban J connectivity index is 1.49. The molecule has 0 aliphatic carbocycles. The Morgan fingerprint density at radius 2 is 2.28 bits per heavy atom. The molecule has 152 valence electrons. The van der Waals surface area contributed by atoms with Crippen molar-refractivity contribution in [2.24, 2.45) is 5.10 Å². The Morgan fingerprint density at radius 3 is 2.97 bits per heavy atom. The lowest BCUT2D eigenvalue weighted by molar-refractivity contribution is -0.134. The molecule has 0 radical (unpaired) electrons. The number of carbonyl (C=O) groups is 1. The molecule has 4 heterocycles. The lowest BCUT2D eigenvalue weighted by Crippen LogP contribution is -2.36. The first-order chi connectivity index (χ1) is 14.0. The molecule has 0 bridgehead atoms. The van der Waals surface area contributed by atoms with Gasteiger partial charge in [-0.05, 0) is 30.6 Å². The monoisotopic (exact) mass is 419 g/mol. The number of aromatic nitrogens is 2. The maximum absolute atomic E-state index is 13.0. The summed E-state index contributed by atoms with van der Waals surface area (Å²) in [6, 6.07) is 7.17. The molecule has 3 aromatic rings. The molecule has 1 aliphatic rings. The van der Waals surface area contributed by atoms with Gasteiger partial charge in [0.15, 0.2) is 0 Å². The van der Waals surface area contributed by atoms with Crippen LogP contribution in [0, 0.1) is 0 Å². The predicted molar refractivity (Wildman–Crippen MR) is 104 cm³/mol. The maximum Gasteiger partial charge on any atom is 0.319 e. The lowest BCUT2D eigenvalue weighted by Gasteiger charge is -2.23. The van der Waals surface area contributed by atoms with Crippen molar-refractivity contribution in [1.29, 1.82) is 0 Å². The number of likely N-dealkylation sites (N-methyl/N-ethyl adjacent to an activating group) is 1. The highest BCUT2D eigenvalue weighted by molar-refractivity contribution is 7.12. The van der Waals surface area contributed by atoms with Crippen LogP contribution in [0.5, 0.6) is 0 Å². The van der Waals surface area contributed by atoms with E-state index in [0.717, 1.165) is 15.2 Å². The predicted octanol–water partition coefficient (Wildman–Crippen LogP) is 3.74. The highest BCUT2D eigenvalue weighted by Crippen LogP contribution is 2.34. The third kappa shape index (κ3) is 4.13. The minimum absolute atomic E-state index is 0.00846. The van der Waals surface area contributed by atoms with Gasteiger partial charge in [-0.25, -0.2) is 9.99 Å². The fourth-order valence-electron chi connectivity index (χ4n) is 3.28. The number of amides is 1. The maximum atomic E-state index is 13.0. The average Bonchev–Trinajstić information content (AvgIpc) is 3.47. The van der Waals surface area contributed by atoms with E-state index in [1.54, 1.807) is 35.6 Å². The number of carbonyl (C=O) groups excluding carboxylic acids is 1. The molecule has 1 amide bonds. The van der Waals surface area contributed by atoms with Gasteiger partial charge < -0.3 is 4.42 Å². The summed E-state index contributed by atoms with van der Waals surface area (Å²) in [7, 11) is 1.68. The number of halogens is 2. The van der Waals surface area contributed by atoms with Crippen LogP contribution in [0.25, 0.3) is 0 Å². The Bertz CT molecular complexity index is 984. The highest BCUT2D eigenvalue weighted by Gasteiger charge is 2.35. The van der Waals surface area contributed by atoms with Gasteiger partial charge in [-0.1, -0.05) is 6.07 Å². The number of thiophene rings is 1. The van der Waals surface area contributed by atoms with Crippen molar-refractivity contribution >= 4 is 23.0 Å². The molecule has 1 atom stereocenters. The summed E-state index contributed by atoms with van der Waals surface area (Å²) in [5.41, 5.74) is 0.825. The molecule has 0 aromatic carbocycles. The Kier molecular flexibility index (Phi) is 5.54. The first-order valence-electron chi connectivity index (χ1n) is 8.98. The van der Waals surface area contributed by atoms with Crippen molar-refractivity contribution in [2.45, 2.75) is 25.6 Å². The summed E-state index contributed by atoms with van der Waals surface area (Å²) in [5, 5.41) is 7.94. The smallest absolute Gasteiger partial charge is 0.319 e. The molecule has 7 nitrogen and oxygen atoms in total. The quantitative estimate of drug-likeness (QED) is 0.585. The second kappa shape index (κ2) is 8.26. The van der Waals surface area contributed by atoms with E-state index in [0.29, 0.717) is 12.2 Å². The normalized spacial score (nSPS) is 16.8. The van der Waals surface area contributed by atoms with Crippen LogP contribution in [-0.2, 0) is 11.3 Å². The first-order valence-corrected chi connectivity index (χ1v) is 9.86. The zero-order chi connectivity index (χ0) is 20.4. The van der Waals surface area contributed by atoms with Crippen molar-refractivity contribution in [3.05, 3.63) is 64.8 Å². The average molecular weight is 419 g/mol. The Labute approximate surface area is 169 Å². The molecular formula is C19H19F2N5O2S. The number of hydrogen-bond acceptors (Lipinski definition) is 6. The van der Waals surface area contributed by atoms with Gasteiger partial charge in [-0.2, -0.15) is 13.9 Å². The minimum Gasteiger partial charge on any atom is -0.467 e. The van der Waals surface area contributed by atoms with E-state index < -0.39 is 6.55 Å². The molecule has 0 saturated heterocycles. The zero-order valence-corrected chi connectivity index (χ0v) is 16.4. The van der Waals surface area contributed by atoms with Gasteiger partial charge in [0.2, 0.25) is 0 Å². The number of imidazole rings is 1. The number of alkyl halides is 2. The Morgan fingerprint density at radius 1 is 1.41 bits per heavy atom. The standard InChI is InChI=1S/C19H19F2N5O2S/c1-24(11-17-22-6-7-25(17)19(20)21)12-18(27)26-14(15-4-2-8-28-15)10-13(23-26)16-5-3-9-29-16/h2-9,14,19H,10-12H2,1H3. The molecular weight excluding hydrogens is 400 g/mol. The summed E-state index contributed by atoms with van der Waals surface area (Å²) >= 11 is 1.56. The van der Waals surface area contributed by atoms with Gasteiger partial charge in [0.05, 0.1) is 29.9 Å². The lowest BCUT2D eigenvalue weighted by atomic mass is 10.1. The molecule has 29 heavy (non-hydrogen) atoms. The number of rotatable bonds is 7. The molecule has 0 fully saturated rings. The van der Waals surface area contributed by atoms with Crippen molar-refractivity contribution in [3.63, 3.8) is 0 Å². The van der Waals surface area contributed by atoms with Gasteiger partial charge in [-0.15, -0.1) is 11.3 Å². The summed E-state index contributed by atoms with van der Waals surface area (Å²) in [6.45, 7) is -2.55. The fraction of sp³-hybridized carbons (Fsp3) is 0.316. The van der Waals surface area contributed by atoms with Gasteiger partial charge in [0.25, 0.3) is 5.91 Å². The molecule has 0 spiro atoms. The van der Waals surface area contributed by atoms with Crippen molar-refractivity contribution in [1.82, 2.24) is 19.5 Å². The van der Waals surface area contributed by atoms with Gasteiger partial charge in [0, 0.05) is 18.8 Å². The minimum atomic E-state index is -2.67. The second-order valence-corrected chi connectivity index (χ2v) is 7.65. The second-order valence-electron chi connectivity index (χ2n) is 6.70. The highest BCUT2D eigenvalue weighted by atomic mass is 32.1. The van der Waals surface area contributed by atoms with Crippen LogP contribution in [0.2, 0.25) is 0 Å². The van der Waals surface area contributed by atoms with E-state index in [4.69, 9.17) is 4.42 Å². The van der Waals surface area contributed by atoms with Crippen LogP contribution in [0.3, 0.4) is 0 Å². The summed E-state index contributed by atoms with van der Waals surface area (Å²) < 4.78 is 32.3. The number of nitrogens with zero attached hydrogens (tertiary/aromatic N) is 5. The molecule has 10 heteroatoms. The van der Waals surface area contributed by atoms with E-state index in [1.807, 2.05) is 23.6 Å². The van der Waals surface area contributed by atoms with Crippen molar-refractivity contribution in [3.8, 4) is 0 Å². The van der Waals surface area contributed by atoms with E-state index >= 15 is 0 Å². The van der Waals surface area contributed by atoms with Crippen LogP contribution in [0.15, 0.2) is 57.8 Å². The van der Waals surface area contributed by atoms with Crippen LogP contribution < -0.4 is 0 Å². The molecule has 0 saturated carbocycles. The third-order valence-corrected chi connectivity index (χ3v) is 5.54. The topological polar surface area (TPSA) is 66.9 Å². The number of furan rings is 1. The van der Waals surface area contributed by atoms with Crippen LogP contribution in [-0.4, -0.2) is 44.7 Å². The Hall–Kier alpha value is -2.85. The van der Waals surface area contributed by atoms with Crippen LogP contribution in [0.4, 0.5) is 8.78 Å². The molecule has 4 rings (SSSR count). The summed E-state index contributed by atoms with van der Waals surface area (Å²) in [5.74, 6) is 0.613. The molecule has 3 aromatic heterocycles. The third-order valence-electron chi connectivity index (χ3n) is 4.62. The van der Waals surface area contributed by atoms with E-state index in [2.05, 4.69) is 10.1 Å². The number of hydrazone groups is 1. The fourth-order valence-corrected chi connectivity index (χ4v) is 4.00. The molecule has 0 N–H and O–H groups in total. The molecule has 1 unspecified atom stereocenters. The first kappa shape index (κ1) is 19.5. The van der Waals surface area contributed by atoms with Crippen LogP contribution in [0.1, 0.15) is 35.5 Å². The van der Waals surface area contributed by atoms with E-state index in [9.17, 15) is 13.6 Å².